The molecule has 13 heteroatoms. The van der Waals surface area contributed by atoms with Crippen molar-refractivity contribution in [3.63, 3.8) is 0 Å². The summed E-state index contributed by atoms with van der Waals surface area (Å²) in [5.74, 6) is 0.798. The Morgan fingerprint density at radius 1 is 1.19 bits per heavy atom. The van der Waals surface area contributed by atoms with Gasteiger partial charge in [-0.3, -0.25) is 10.1 Å². The van der Waals surface area contributed by atoms with Gasteiger partial charge in [0.25, 0.3) is 11.1 Å². The molecule has 0 aliphatic carbocycles. The molecule has 2 aromatic carbocycles. The maximum absolute atomic E-state index is 12.5. The lowest BCUT2D eigenvalue weighted by molar-refractivity contribution is -0.112. The third-order valence-electron chi connectivity index (χ3n) is 4.57. The highest BCUT2D eigenvalue weighted by molar-refractivity contribution is 7.91. The van der Waals surface area contributed by atoms with E-state index in [1.165, 1.54) is 13.0 Å². The Kier molecular flexibility index (Phi) is 9.24. The first kappa shape index (κ1) is 26.9. The van der Waals surface area contributed by atoms with E-state index >= 15 is 0 Å². The van der Waals surface area contributed by atoms with E-state index in [0.717, 1.165) is 0 Å². The monoisotopic (exact) mass is 548 g/mol. The summed E-state index contributed by atoms with van der Waals surface area (Å²) in [5.41, 5.74) is 0.250. The van der Waals surface area contributed by atoms with Crippen LogP contribution in [0.1, 0.15) is 12.5 Å². The van der Waals surface area contributed by atoms with E-state index in [1.807, 2.05) is 12.1 Å². The molecule has 0 radical (unpaired) electrons. The second-order valence-corrected chi connectivity index (χ2v) is 10.3. The zero-order valence-corrected chi connectivity index (χ0v) is 21.6. The Morgan fingerprint density at radius 3 is 2.64 bits per heavy atom. The Balaban J connectivity index is 1.59. The topological polar surface area (TPSA) is 140 Å². The minimum absolute atomic E-state index is 0.0360. The fourth-order valence-corrected chi connectivity index (χ4v) is 4.55. The van der Waals surface area contributed by atoms with Crippen LogP contribution >= 0.6 is 23.1 Å². The highest BCUT2D eigenvalue weighted by Gasteiger charge is 2.20. The molecule has 0 aliphatic rings. The van der Waals surface area contributed by atoms with Gasteiger partial charge in [-0.1, -0.05) is 30.7 Å². The zero-order chi connectivity index (χ0) is 26.1. The van der Waals surface area contributed by atoms with Crippen molar-refractivity contribution in [2.75, 3.05) is 31.4 Å². The van der Waals surface area contributed by atoms with E-state index in [2.05, 4.69) is 14.7 Å². The molecule has 188 valence electrons. The summed E-state index contributed by atoms with van der Waals surface area (Å²) in [6, 6.07) is 13.8. The smallest absolute Gasteiger partial charge is 0.268 e. The van der Waals surface area contributed by atoms with Crippen LogP contribution < -0.4 is 19.5 Å². The van der Waals surface area contributed by atoms with Crippen molar-refractivity contribution in [1.82, 2.24) is 9.36 Å². The second kappa shape index (κ2) is 12.3. The van der Waals surface area contributed by atoms with Crippen LogP contribution in [0.3, 0.4) is 0 Å². The number of ether oxygens (including phenoxy) is 3. The largest absolute Gasteiger partial charge is 0.497 e. The number of sulfone groups is 1. The van der Waals surface area contributed by atoms with E-state index in [9.17, 15) is 18.5 Å². The lowest BCUT2D eigenvalue weighted by Gasteiger charge is -2.11. The van der Waals surface area contributed by atoms with Gasteiger partial charge in [-0.25, -0.2) is 8.42 Å². The van der Waals surface area contributed by atoms with Crippen molar-refractivity contribution >= 4 is 50.1 Å². The molecule has 3 rings (SSSR count). The molecule has 0 bridgehead atoms. The highest BCUT2D eigenvalue weighted by atomic mass is 35.5. The lowest BCUT2D eigenvalue weighted by Crippen LogP contribution is -2.13. The van der Waals surface area contributed by atoms with Gasteiger partial charge in [0.15, 0.2) is 0 Å². The average molecular weight is 549 g/mol. The summed E-state index contributed by atoms with van der Waals surface area (Å²) in [6.45, 7) is 1.97. The number of benzene rings is 2. The van der Waals surface area contributed by atoms with Crippen LogP contribution in [-0.2, 0) is 14.6 Å². The van der Waals surface area contributed by atoms with Gasteiger partial charge in [0.05, 0.1) is 17.9 Å². The molecule has 0 saturated heterocycles. The van der Waals surface area contributed by atoms with Gasteiger partial charge in [-0.15, -0.1) is 0 Å². The number of methoxy groups -OCH3 is 1. The molecule has 0 spiro atoms. The van der Waals surface area contributed by atoms with E-state index in [1.54, 1.807) is 43.5 Å². The van der Waals surface area contributed by atoms with Gasteiger partial charge < -0.3 is 14.2 Å². The SMILES string of the molecule is CCS(=O)(=O)c1nsc(NC(=O)C(C#N)=Cc2ccc(OCCOc3cccc(OC)c3)c(Cl)c2)n1. The first-order valence-electron chi connectivity index (χ1n) is 10.4. The second-order valence-electron chi connectivity index (χ2n) is 6.98. The summed E-state index contributed by atoms with van der Waals surface area (Å²) in [4.78, 5) is 16.3. The number of nitrogens with one attached hydrogen (secondary N) is 1. The van der Waals surface area contributed by atoms with Crippen LogP contribution in [0.2, 0.25) is 5.02 Å². The number of hydrogen-bond acceptors (Lipinski definition) is 10. The molecule has 0 atom stereocenters. The average Bonchev–Trinajstić information content (AvgIpc) is 3.35. The number of amides is 1. The van der Waals surface area contributed by atoms with Crippen LogP contribution in [0.15, 0.2) is 53.2 Å². The molecular weight excluding hydrogens is 528 g/mol. The Hall–Kier alpha value is -3.66. The van der Waals surface area contributed by atoms with Crippen LogP contribution in [0, 0.1) is 11.3 Å². The fourth-order valence-electron chi connectivity index (χ4n) is 2.72. The predicted octanol–water partition coefficient (Wildman–Crippen LogP) is 4.00. The van der Waals surface area contributed by atoms with Crippen molar-refractivity contribution < 1.29 is 27.4 Å². The quantitative estimate of drug-likeness (QED) is 0.214. The number of nitrogens with zero attached hydrogens (tertiary/aromatic N) is 3. The molecule has 1 heterocycles. The summed E-state index contributed by atoms with van der Waals surface area (Å²) in [7, 11) is -2.03. The van der Waals surface area contributed by atoms with E-state index in [0.29, 0.717) is 34.3 Å². The van der Waals surface area contributed by atoms with E-state index < -0.39 is 15.7 Å². The number of aromatic nitrogens is 2. The number of carbonyl (C=O) groups is 1. The fraction of sp³-hybridized carbons (Fsp3) is 0.217. The normalized spacial score (nSPS) is 11.4. The minimum Gasteiger partial charge on any atom is -0.497 e. The highest BCUT2D eigenvalue weighted by Crippen LogP contribution is 2.27. The van der Waals surface area contributed by atoms with Gasteiger partial charge in [0, 0.05) is 17.6 Å². The molecule has 10 nitrogen and oxygen atoms in total. The molecule has 1 amide bonds. The van der Waals surface area contributed by atoms with Crippen molar-refractivity contribution in [2.24, 2.45) is 0 Å². The molecule has 1 N–H and O–H groups in total. The van der Waals surface area contributed by atoms with Crippen molar-refractivity contribution in [3.05, 3.63) is 58.6 Å². The molecule has 0 fully saturated rings. The summed E-state index contributed by atoms with van der Waals surface area (Å²) in [5, 5.41) is 11.7. The summed E-state index contributed by atoms with van der Waals surface area (Å²) >= 11 is 7.00. The Bertz CT molecular complexity index is 1420. The maximum Gasteiger partial charge on any atom is 0.268 e. The number of hydrogen-bond donors (Lipinski definition) is 1. The zero-order valence-electron chi connectivity index (χ0n) is 19.2. The Morgan fingerprint density at radius 2 is 1.94 bits per heavy atom. The van der Waals surface area contributed by atoms with Gasteiger partial charge in [0.2, 0.25) is 15.0 Å². The maximum atomic E-state index is 12.5. The van der Waals surface area contributed by atoms with Crippen molar-refractivity contribution in [1.29, 1.82) is 5.26 Å². The standard InChI is InChI=1S/C23H21ClN4O6S2/c1-3-36(30,31)23-27-22(35-28-23)26-21(29)16(14-25)11-15-7-8-20(19(24)12-15)34-10-9-33-18-6-4-5-17(13-18)32-2/h4-8,11-13H,3,9-10H2,1-2H3,(H,26,27,28,29). The lowest BCUT2D eigenvalue weighted by atomic mass is 10.1. The van der Waals surface area contributed by atoms with Crippen LogP contribution in [0.25, 0.3) is 6.08 Å². The van der Waals surface area contributed by atoms with Crippen molar-refractivity contribution in [2.45, 2.75) is 12.1 Å². The van der Waals surface area contributed by atoms with Gasteiger partial charge in [0.1, 0.15) is 42.1 Å². The molecule has 36 heavy (non-hydrogen) atoms. The molecule has 0 aliphatic heterocycles. The first-order chi connectivity index (χ1) is 17.2. The van der Waals surface area contributed by atoms with Crippen LogP contribution in [-0.4, -0.2) is 49.8 Å². The predicted molar refractivity (Wildman–Crippen MR) is 135 cm³/mol. The molecule has 3 aromatic rings. The summed E-state index contributed by atoms with van der Waals surface area (Å²) < 4.78 is 43.8. The van der Waals surface area contributed by atoms with Gasteiger partial charge in [-0.2, -0.15) is 14.6 Å². The van der Waals surface area contributed by atoms with Crippen LogP contribution in [0.5, 0.6) is 17.2 Å². The number of halogens is 1. The number of nitriles is 1. The number of carbonyl (C=O) groups excluding carboxylic acids is 1. The van der Waals surface area contributed by atoms with E-state index in [4.69, 9.17) is 25.8 Å². The third kappa shape index (κ3) is 7.17. The Labute approximate surface area is 217 Å². The minimum atomic E-state index is -3.60. The van der Waals surface area contributed by atoms with Crippen LogP contribution in [0.4, 0.5) is 5.13 Å². The number of anilines is 1. The number of rotatable bonds is 11. The van der Waals surface area contributed by atoms with E-state index in [-0.39, 0.29) is 39.9 Å². The summed E-state index contributed by atoms with van der Waals surface area (Å²) in [6.07, 6.45) is 1.33. The van der Waals surface area contributed by atoms with Gasteiger partial charge >= 0.3 is 0 Å². The third-order valence-corrected chi connectivity index (χ3v) is 7.11. The first-order valence-corrected chi connectivity index (χ1v) is 13.2. The molecule has 0 saturated carbocycles. The molecule has 1 aromatic heterocycles. The molecule has 0 unspecified atom stereocenters. The van der Waals surface area contributed by atoms with Gasteiger partial charge in [-0.05, 0) is 35.9 Å². The van der Waals surface area contributed by atoms with Crippen molar-refractivity contribution in [3.8, 4) is 23.3 Å². The molecular formula is C23H21ClN4O6S2.